The minimum Gasteiger partial charge on any atom is -0.379 e. The molecular weight excluding hydrogens is 336 g/mol. The zero-order valence-corrected chi connectivity index (χ0v) is 15.2. The van der Waals surface area contributed by atoms with E-state index >= 15 is 0 Å². The van der Waals surface area contributed by atoms with Gasteiger partial charge in [-0.15, -0.1) is 0 Å². The second kappa shape index (κ2) is 6.80. The molecule has 0 aromatic heterocycles. The molecule has 1 saturated heterocycles. The van der Waals surface area contributed by atoms with Crippen molar-refractivity contribution in [2.24, 2.45) is 0 Å². The molecule has 136 valence electrons. The van der Waals surface area contributed by atoms with Gasteiger partial charge >= 0.3 is 0 Å². The third-order valence-corrected chi connectivity index (χ3v) is 5.59. The molecule has 4 aromatic rings. The highest BCUT2D eigenvalue weighted by Gasteiger charge is 2.15. The molecule has 0 saturated carbocycles. The van der Waals surface area contributed by atoms with Gasteiger partial charge in [0.2, 0.25) is 0 Å². The van der Waals surface area contributed by atoms with Crippen LogP contribution in [0.3, 0.4) is 0 Å². The fourth-order valence-corrected chi connectivity index (χ4v) is 4.18. The SMILES string of the molecule is O=C(NCCN1CCOCC1)c1ccc2ccc3cccc4ccc1c2c34. The van der Waals surface area contributed by atoms with Gasteiger partial charge in [-0.05, 0) is 38.4 Å². The summed E-state index contributed by atoms with van der Waals surface area (Å²) in [5.41, 5.74) is 0.753. The lowest BCUT2D eigenvalue weighted by Crippen LogP contribution is -2.41. The summed E-state index contributed by atoms with van der Waals surface area (Å²) in [5, 5.41) is 10.2. The summed E-state index contributed by atoms with van der Waals surface area (Å²) in [6.45, 7) is 4.96. The lowest BCUT2D eigenvalue weighted by atomic mass is 9.92. The Balaban J connectivity index is 1.46. The summed E-state index contributed by atoms with van der Waals surface area (Å²) in [6, 6.07) is 18.9. The molecule has 5 rings (SSSR count). The number of carbonyl (C=O) groups excluding carboxylic acids is 1. The second-order valence-electron chi connectivity index (χ2n) is 7.18. The minimum absolute atomic E-state index is 0.00111. The van der Waals surface area contributed by atoms with Crippen molar-refractivity contribution < 1.29 is 9.53 Å². The highest BCUT2D eigenvalue weighted by Crippen LogP contribution is 2.35. The molecule has 4 heteroatoms. The number of ether oxygens (including phenoxy) is 1. The predicted octanol–water partition coefficient (Wildman–Crippen LogP) is 3.65. The van der Waals surface area contributed by atoms with Gasteiger partial charge in [0.25, 0.3) is 5.91 Å². The summed E-state index contributed by atoms with van der Waals surface area (Å²) in [4.78, 5) is 15.2. The molecule has 1 aliphatic rings. The number of carbonyl (C=O) groups is 1. The number of nitrogens with zero attached hydrogens (tertiary/aromatic N) is 1. The van der Waals surface area contributed by atoms with E-state index in [0.29, 0.717) is 6.54 Å². The number of rotatable bonds is 4. The van der Waals surface area contributed by atoms with Crippen molar-refractivity contribution in [3.8, 4) is 0 Å². The van der Waals surface area contributed by atoms with Gasteiger partial charge < -0.3 is 10.1 Å². The molecule has 1 aliphatic heterocycles. The monoisotopic (exact) mass is 358 g/mol. The van der Waals surface area contributed by atoms with Crippen LogP contribution in [0.2, 0.25) is 0 Å². The summed E-state index contributed by atoms with van der Waals surface area (Å²) in [5.74, 6) is 0.00111. The summed E-state index contributed by atoms with van der Waals surface area (Å²) in [7, 11) is 0. The van der Waals surface area contributed by atoms with Gasteiger partial charge in [-0.2, -0.15) is 0 Å². The summed E-state index contributed by atoms with van der Waals surface area (Å²) < 4.78 is 5.37. The molecule has 0 atom stereocenters. The van der Waals surface area contributed by atoms with Gasteiger partial charge in [-0.1, -0.05) is 48.5 Å². The molecule has 27 heavy (non-hydrogen) atoms. The van der Waals surface area contributed by atoms with Crippen molar-refractivity contribution >= 4 is 38.2 Å². The molecule has 0 spiro atoms. The Morgan fingerprint density at radius 2 is 1.56 bits per heavy atom. The summed E-state index contributed by atoms with van der Waals surface area (Å²) in [6.07, 6.45) is 0. The minimum atomic E-state index is 0.00111. The van der Waals surface area contributed by atoms with Crippen LogP contribution in [0.25, 0.3) is 32.3 Å². The van der Waals surface area contributed by atoms with Crippen LogP contribution in [-0.2, 0) is 4.74 Å². The fraction of sp³-hybridized carbons (Fsp3) is 0.261. The van der Waals surface area contributed by atoms with Crippen LogP contribution in [0.1, 0.15) is 10.4 Å². The van der Waals surface area contributed by atoms with E-state index in [1.807, 2.05) is 6.07 Å². The first kappa shape index (κ1) is 16.5. The first-order valence-corrected chi connectivity index (χ1v) is 9.56. The maximum Gasteiger partial charge on any atom is 0.251 e. The predicted molar refractivity (Wildman–Crippen MR) is 110 cm³/mol. The van der Waals surface area contributed by atoms with Gasteiger partial charge in [-0.25, -0.2) is 0 Å². The molecule has 4 aromatic carbocycles. The second-order valence-corrected chi connectivity index (χ2v) is 7.18. The third-order valence-electron chi connectivity index (χ3n) is 5.59. The van der Waals surface area contributed by atoms with Crippen LogP contribution in [0, 0.1) is 0 Å². The number of benzene rings is 4. The molecule has 0 bridgehead atoms. The largest absolute Gasteiger partial charge is 0.379 e. The highest BCUT2D eigenvalue weighted by molar-refractivity contribution is 6.26. The fourth-order valence-electron chi connectivity index (χ4n) is 4.18. The first-order chi connectivity index (χ1) is 13.3. The molecule has 0 radical (unpaired) electrons. The Kier molecular flexibility index (Phi) is 4.15. The van der Waals surface area contributed by atoms with Crippen molar-refractivity contribution in [1.29, 1.82) is 0 Å². The Morgan fingerprint density at radius 3 is 2.33 bits per heavy atom. The van der Waals surface area contributed by atoms with E-state index in [-0.39, 0.29) is 5.91 Å². The molecule has 0 unspecified atom stereocenters. The van der Waals surface area contributed by atoms with Crippen molar-refractivity contribution in [3.63, 3.8) is 0 Å². The lowest BCUT2D eigenvalue weighted by molar-refractivity contribution is 0.0383. The molecule has 1 amide bonds. The van der Waals surface area contributed by atoms with Gasteiger partial charge in [0.15, 0.2) is 0 Å². The van der Waals surface area contributed by atoms with E-state index in [0.717, 1.165) is 43.8 Å². The molecule has 4 nitrogen and oxygen atoms in total. The Bertz CT molecular complexity index is 1100. The van der Waals surface area contributed by atoms with Crippen molar-refractivity contribution in [3.05, 3.63) is 60.2 Å². The quantitative estimate of drug-likeness (QED) is 0.566. The Morgan fingerprint density at radius 1 is 0.889 bits per heavy atom. The van der Waals surface area contributed by atoms with Crippen molar-refractivity contribution in [2.75, 3.05) is 39.4 Å². The number of hydrogen-bond acceptors (Lipinski definition) is 3. The van der Waals surface area contributed by atoms with E-state index in [1.165, 1.54) is 26.9 Å². The Labute approximate surface area is 158 Å². The van der Waals surface area contributed by atoms with Gasteiger partial charge in [0.05, 0.1) is 13.2 Å². The molecule has 1 fully saturated rings. The smallest absolute Gasteiger partial charge is 0.251 e. The maximum absolute atomic E-state index is 12.9. The third kappa shape index (κ3) is 2.91. The molecular formula is C23H22N2O2. The number of morpholine rings is 1. The molecule has 1 N–H and O–H groups in total. The van der Waals surface area contributed by atoms with E-state index in [2.05, 4.69) is 58.7 Å². The van der Waals surface area contributed by atoms with Crippen LogP contribution in [-0.4, -0.2) is 50.2 Å². The van der Waals surface area contributed by atoms with Crippen molar-refractivity contribution in [1.82, 2.24) is 10.2 Å². The Hall–Kier alpha value is -2.69. The number of hydrogen-bond donors (Lipinski definition) is 1. The maximum atomic E-state index is 12.9. The van der Waals surface area contributed by atoms with Gasteiger partial charge in [0, 0.05) is 31.7 Å². The van der Waals surface area contributed by atoms with E-state index in [1.54, 1.807) is 0 Å². The topological polar surface area (TPSA) is 41.6 Å². The zero-order chi connectivity index (χ0) is 18.2. The van der Waals surface area contributed by atoms with E-state index in [4.69, 9.17) is 4.74 Å². The van der Waals surface area contributed by atoms with E-state index < -0.39 is 0 Å². The first-order valence-electron chi connectivity index (χ1n) is 9.56. The number of amides is 1. The van der Waals surface area contributed by atoms with Crippen LogP contribution in [0.5, 0.6) is 0 Å². The highest BCUT2D eigenvalue weighted by atomic mass is 16.5. The standard InChI is InChI=1S/C23H22N2O2/c26-23(24-10-11-25-12-14-27-15-13-25)20-9-7-18-5-4-16-2-1-3-17-6-8-19(20)22(18)21(16)17/h1-9H,10-15H2,(H,24,26). The zero-order valence-electron chi connectivity index (χ0n) is 15.2. The molecule has 1 heterocycles. The van der Waals surface area contributed by atoms with Gasteiger partial charge in [-0.3, -0.25) is 9.69 Å². The average molecular weight is 358 g/mol. The lowest BCUT2D eigenvalue weighted by Gasteiger charge is -2.26. The van der Waals surface area contributed by atoms with Crippen molar-refractivity contribution in [2.45, 2.75) is 0 Å². The average Bonchev–Trinajstić information content (AvgIpc) is 2.72. The number of nitrogens with one attached hydrogen (secondary N) is 1. The molecule has 0 aliphatic carbocycles. The van der Waals surface area contributed by atoms with Crippen LogP contribution < -0.4 is 5.32 Å². The normalized spacial score (nSPS) is 15.7. The van der Waals surface area contributed by atoms with E-state index in [9.17, 15) is 4.79 Å². The summed E-state index contributed by atoms with van der Waals surface area (Å²) >= 11 is 0. The van der Waals surface area contributed by atoms with Gasteiger partial charge in [0.1, 0.15) is 0 Å². The van der Waals surface area contributed by atoms with Crippen LogP contribution >= 0.6 is 0 Å². The van der Waals surface area contributed by atoms with Crippen LogP contribution in [0.15, 0.2) is 54.6 Å². The van der Waals surface area contributed by atoms with Crippen LogP contribution in [0.4, 0.5) is 0 Å².